The summed E-state index contributed by atoms with van der Waals surface area (Å²) in [6.07, 6.45) is 10.7. The Hall–Kier alpha value is -4.19. The highest BCUT2D eigenvalue weighted by Gasteiger charge is 2.49. The van der Waals surface area contributed by atoms with Gasteiger partial charge in [-0.1, -0.05) is 56.6 Å². The number of nitrogens with one attached hydrogen (secondary N) is 2. The highest BCUT2D eigenvalue weighted by Crippen LogP contribution is 2.34. The van der Waals surface area contributed by atoms with Crippen LogP contribution in [0.1, 0.15) is 99.1 Å². The van der Waals surface area contributed by atoms with Gasteiger partial charge in [0.1, 0.15) is 17.6 Å². The van der Waals surface area contributed by atoms with Crippen molar-refractivity contribution in [3.8, 4) is 0 Å². The summed E-state index contributed by atoms with van der Waals surface area (Å²) in [6, 6.07) is 2.39. The number of ketones is 1. The average Bonchev–Trinajstić information content (AvgIpc) is 3.74. The van der Waals surface area contributed by atoms with Gasteiger partial charge in [0.2, 0.25) is 17.6 Å². The van der Waals surface area contributed by atoms with E-state index in [0.29, 0.717) is 12.8 Å². The van der Waals surface area contributed by atoms with Crippen LogP contribution < -0.4 is 16.4 Å². The molecule has 3 aliphatic rings. The molecule has 0 radical (unpaired) electrons. The number of rotatable bonds is 13. The molecule has 2 saturated carbocycles. The normalized spacial score (nSPS) is 21.6. The molecule has 284 valence electrons. The van der Waals surface area contributed by atoms with E-state index in [9.17, 15) is 40.8 Å². The summed E-state index contributed by atoms with van der Waals surface area (Å²) < 4.78 is 49.8. The average molecular weight is 762 g/mol. The summed E-state index contributed by atoms with van der Waals surface area (Å²) >= 11 is 0. The first-order valence-electron chi connectivity index (χ1n) is 17.6. The third-order valence-electron chi connectivity index (χ3n) is 10.4. The minimum Gasteiger partial charge on any atom is -0.363 e. The van der Waals surface area contributed by atoms with E-state index in [1.165, 1.54) is 40.0 Å². The Bertz CT molecular complexity index is 1900. The molecule has 2 aromatic rings. The number of Topliss-reactive ketones (excluding diaryl/α,β-unsaturated/α-hetero) is 1. The topological polar surface area (TPSA) is 238 Å². The van der Waals surface area contributed by atoms with Gasteiger partial charge < -0.3 is 21.3 Å². The zero-order valence-corrected chi connectivity index (χ0v) is 31.1. The van der Waals surface area contributed by atoms with E-state index in [4.69, 9.17) is 5.73 Å². The van der Waals surface area contributed by atoms with Gasteiger partial charge in [0.05, 0.1) is 28.6 Å². The number of aromatic nitrogens is 3. The van der Waals surface area contributed by atoms with Crippen LogP contribution in [-0.4, -0.2) is 103 Å². The zero-order chi connectivity index (χ0) is 37.8. The number of hydrogen-bond donors (Lipinski definition) is 3. The highest BCUT2D eigenvalue weighted by atomic mass is 32.2. The fraction of sp³-hybridized carbons (Fsp3) is 0.618. The van der Waals surface area contributed by atoms with Crippen molar-refractivity contribution < 1.29 is 40.8 Å². The molecule has 1 aromatic carbocycles. The first-order valence-corrected chi connectivity index (χ1v) is 21.6. The van der Waals surface area contributed by atoms with Crippen LogP contribution in [0.2, 0.25) is 0 Å². The van der Waals surface area contributed by atoms with Crippen molar-refractivity contribution >= 4 is 49.1 Å². The Balaban J connectivity index is 1.48. The van der Waals surface area contributed by atoms with Crippen molar-refractivity contribution in [2.45, 2.75) is 111 Å². The fourth-order valence-electron chi connectivity index (χ4n) is 7.82. The summed E-state index contributed by atoms with van der Waals surface area (Å²) in [5.74, 6) is -4.20. The highest BCUT2D eigenvalue weighted by molar-refractivity contribution is 7.90. The van der Waals surface area contributed by atoms with E-state index in [1.54, 1.807) is 0 Å². The molecule has 1 aromatic heterocycles. The van der Waals surface area contributed by atoms with Gasteiger partial charge in [0.25, 0.3) is 11.8 Å². The number of carbonyl (C=O) groups excluding carboxylic acids is 5. The first kappa shape index (κ1) is 39.0. The Kier molecular flexibility index (Phi) is 11.9. The molecule has 0 bridgehead atoms. The number of nitrogens with two attached hydrogens (primary N) is 1. The standard InChI is InChI=1S/C34H47N7O9S2/c1-51(47,48)21-25-19-36-39-41(25)24-18-28(32(45)38-34(29(42)30(35)43)15-7-4-8-16-34)40(20-24)33(46)27(17-22-9-5-3-6-10-22)37-31(44)23-11-13-26(14-12-23)52(2,49)50/h11-14,19,22,24,27-28H,3-10,15-18,20-21H2,1-2H3,(H2,35,43)(H,37,44)(H,38,45)/t24-,27+,28-/m0/s1. The van der Waals surface area contributed by atoms with E-state index < -0.39 is 72.8 Å². The van der Waals surface area contributed by atoms with Gasteiger partial charge in [-0.25, -0.2) is 21.5 Å². The second-order valence-corrected chi connectivity index (χ2v) is 18.7. The zero-order valence-electron chi connectivity index (χ0n) is 29.5. The van der Waals surface area contributed by atoms with Crippen LogP contribution in [0.15, 0.2) is 35.4 Å². The predicted molar refractivity (Wildman–Crippen MR) is 188 cm³/mol. The Morgan fingerprint density at radius 1 is 0.942 bits per heavy atom. The number of nitrogens with zero attached hydrogens (tertiary/aromatic N) is 4. The molecule has 3 fully saturated rings. The maximum absolute atomic E-state index is 14.7. The van der Waals surface area contributed by atoms with Gasteiger partial charge in [0.15, 0.2) is 19.7 Å². The van der Waals surface area contributed by atoms with Gasteiger partial charge >= 0.3 is 0 Å². The smallest absolute Gasteiger partial charge is 0.287 e. The van der Waals surface area contributed by atoms with Crippen molar-refractivity contribution in [1.29, 1.82) is 0 Å². The number of benzene rings is 1. The molecule has 5 rings (SSSR count). The van der Waals surface area contributed by atoms with Crippen molar-refractivity contribution in [3.05, 3.63) is 41.7 Å². The van der Waals surface area contributed by atoms with E-state index in [-0.39, 0.29) is 60.1 Å². The molecule has 16 nitrogen and oxygen atoms in total. The minimum atomic E-state index is -3.51. The molecule has 1 saturated heterocycles. The van der Waals surface area contributed by atoms with Crippen molar-refractivity contribution in [3.63, 3.8) is 0 Å². The summed E-state index contributed by atoms with van der Waals surface area (Å²) in [7, 11) is -7.02. The molecule has 2 heterocycles. The van der Waals surface area contributed by atoms with Crippen LogP contribution in [0.5, 0.6) is 0 Å². The van der Waals surface area contributed by atoms with E-state index in [0.717, 1.165) is 51.0 Å². The van der Waals surface area contributed by atoms with Crippen LogP contribution >= 0.6 is 0 Å². The van der Waals surface area contributed by atoms with Gasteiger partial charge in [-0.05, 0) is 49.4 Å². The van der Waals surface area contributed by atoms with Crippen LogP contribution in [0, 0.1) is 5.92 Å². The SMILES string of the molecule is CS(=O)(=O)Cc1cnnn1[C@H]1C[C@@H](C(=O)NC2(C(=O)C(N)=O)CCCCC2)N(C(=O)[C@@H](CC2CCCCC2)NC(=O)c2ccc(S(C)(=O)=O)cc2)C1. The number of likely N-dealkylation sites (tertiary alicyclic amines) is 1. The quantitative estimate of drug-likeness (QED) is 0.244. The minimum absolute atomic E-state index is 0.0183. The number of carbonyl (C=O) groups is 5. The maximum atomic E-state index is 14.7. The van der Waals surface area contributed by atoms with Crippen LogP contribution in [0.3, 0.4) is 0 Å². The molecule has 1 aliphatic heterocycles. The van der Waals surface area contributed by atoms with Gasteiger partial charge in [-0.3, -0.25) is 24.0 Å². The molecule has 4 N–H and O–H groups in total. The monoisotopic (exact) mass is 761 g/mol. The summed E-state index contributed by atoms with van der Waals surface area (Å²) in [5.41, 5.74) is 4.29. The summed E-state index contributed by atoms with van der Waals surface area (Å²) in [4.78, 5) is 69.2. The second-order valence-electron chi connectivity index (χ2n) is 14.5. The molecule has 0 unspecified atom stereocenters. The first-order chi connectivity index (χ1) is 24.5. The van der Waals surface area contributed by atoms with Gasteiger partial charge in [-0.2, -0.15) is 0 Å². The largest absolute Gasteiger partial charge is 0.363 e. The Morgan fingerprint density at radius 3 is 2.17 bits per heavy atom. The third-order valence-corrected chi connectivity index (χ3v) is 12.4. The Morgan fingerprint density at radius 2 is 1.58 bits per heavy atom. The molecule has 52 heavy (non-hydrogen) atoms. The van der Waals surface area contributed by atoms with Crippen molar-refractivity contribution in [1.82, 2.24) is 30.5 Å². The van der Waals surface area contributed by atoms with E-state index in [2.05, 4.69) is 20.9 Å². The van der Waals surface area contributed by atoms with Gasteiger partial charge in [-0.15, -0.1) is 5.10 Å². The fourth-order valence-corrected chi connectivity index (χ4v) is 9.19. The lowest BCUT2D eigenvalue weighted by Crippen LogP contribution is -2.62. The lowest BCUT2D eigenvalue weighted by atomic mass is 9.78. The molecular weight excluding hydrogens is 715 g/mol. The van der Waals surface area contributed by atoms with E-state index >= 15 is 0 Å². The predicted octanol–water partition coefficient (Wildman–Crippen LogP) is 1.01. The van der Waals surface area contributed by atoms with E-state index in [1.807, 2.05) is 0 Å². The number of amides is 4. The van der Waals surface area contributed by atoms with Crippen molar-refractivity contribution in [2.75, 3.05) is 19.1 Å². The van der Waals surface area contributed by atoms with Crippen LogP contribution in [0.4, 0.5) is 0 Å². The molecule has 4 amide bonds. The van der Waals surface area contributed by atoms with Crippen LogP contribution in [-0.2, 0) is 44.6 Å². The molecule has 3 atom stereocenters. The lowest BCUT2D eigenvalue weighted by Gasteiger charge is -2.38. The van der Waals surface area contributed by atoms with Crippen molar-refractivity contribution in [2.24, 2.45) is 11.7 Å². The molecular formula is C34H47N7O9S2. The number of primary amides is 1. The maximum Gasteiger partial charge on any atom is 0.287 e. The molecule has 0 spiro atoms. The lowest BCUT2D eigenvalue weighted by molar-refractivity contribution is -0.145. The summed E-state index contributed by atoms with van der Waals surface area (Å²) in [5, 5.41) is 13.7. The summed E-state index contributed by atoms with van der Waals surface area (Å²) in [6.45, 7) is -0.0894. The Labute approximate surface area is 303 Å². The van der Waals surface area contributed by atoms with Gasteiger partial charge in [0, 0.05) is 31.0 Å². The number of sulfone groups is 2. The number of hydrogen-bond acceptors (Lipinski definition) is 11. The second kappa shape index (κ2) is 15.8. The third kappa shape index (κ3) is 9.23. The van der Waals surface area contributed by atoms with Crippen LogP contribution in [0.25, 0.3) is 0 Å². The molecule has 18 heteroatoms. The molecule has 2 aliphatic carbocycles.